The van der Waals surface area contributed by atoms with Gasteiger partial charge in [-0.25, -0.2) is 8.42 Å². The lowest BCUT2D eigenvalue weighted by Crippen LogP contribution is -2.38. The van der Waals surface area contributed by atoms with Crippen molar-refractivity contribution in [2.24, 2.45) is 5.92 Å². The molecule has 0 bridgehead atoms. The minimum absolute atomic E-state index is 0.129. The number of amides is 1. The summed E-state index contributed by atoms with van der Waals surface area (Å²) in [6.07, 6.45) is 1.81. The maximum absolute atomic E-state index is 12.6. The molecule has 2 aromatic carbocycles. The van der Waals surface area contributed by atoms with E-state index < -0.39 is 15.9 Å². The highest BCUT2D eigenvalue weighted by Crippen LogP contribution is 2.33. The second-order valence-electron chi connectivity index (χ2n) is 6.97. The lowest BCUT2D eigenvalue weighted by Gasteiger charge is -2.23. The number of para-hydroxylation sites is 1. The van der Waals surface area contributed by atoms with E-state index in [1.165, 1.54) is 10.4 Å². The molecule has 2 aromatic rings. The summed E-state index contributed by atoms with van der Waals surface area (Å²) in [5.41, 5.74) is 2.89. The van der Waals surface area contributed by atoms with Gasteiger partial charge in [-0.1, -0.05) is 48.5 Å². The molecule has 6 nitrogen and oxygen atoms in total. The summed E-state index contributed by atoms with van der Waals surface area (Å²) in [7, 11) is -1.85. The molecule has 7 heteroatoms. The van der Waals surface area contributed by atoms with E-state index in [9.17, 15) is 13.2 Å². The minimum atomic E-state index is -3.48. The summed E-state index contributed by atoms with van der Waals surface area (Å²) in [5.74, 6) is 0.00987. The second-order valence-corrected chi connectivity index (χ2v) is 8.99. The van der Waals surface area contributed by atoms with E-state index in [1.54, 1.807) is 7.11 Å². The summed E-state index contributed by atoms with van der Waals surface area (Å²) in [6, 6.07) is 15.6. The number of methoxy groups -OCH3 is 1. The highest BCUT2D eigenvalue weighted by molar-refractivity contribution is 7.89. The van der Waals surface area contributed by atoms with Crippen LogP contribution in [0.15, 0.2) is 61.2 Å². The van der Waals surface area contributed by atoms with Gasteiger partial charge in [0, 0.05) is 25.2 Å². The number of rotatable bonds is 7. The Morgan fingerprint density at radius 3 is 2.59 bits per heavy atom. The molecule has 1 N–H and O–H groups in total. The molecule has 1 fully saturated rings. The molecule has 3 rings (SSSR count). The number of carbonyl (C=O) groups is 1. The average Bonchev–Trinajstić information content (AvgIpc) is 2.90. The topological polar surface area (TPSA) is 75.7 Å². The number of benzene rings is 2. The molecular weight excluding hydrogens is 388 g/mol. The molecule has 29 heavy (non-hydrogen) atoms. The molecule has 154 valence electrons. The van der Waals surface area contributed by atoms with Crippen molar-refractivity contribution in [2.45, 2.75) is 6.42 Å². The third-order valence-corrected chi connectivity index (χ3v) is 6.83. The van der Waals surface area contributed by atoms with Crippen molar-refractivity contribution in [2.75, 3.05) is 32.5 Å². The molecular formula is C22H26N2O4S. The smallest absolute Gasteiger partial charge is 0.224 e. The van der Waals surface area contributed by atoms with Crippen LogP contribution in [-0.2, 0) is 21.2 Å². The predicted molar refractivity (Wildman–Crippen MR) is 114 cm³/mol. The normalized spacial score (nSPS) is 18.0. The molecule has 1 atom stereocenters. The van der Waals surface area contributed by atoms with Gasteiger partial charge in [0.15, 0.2) is 0 Å². The van der Waals surface area contributed by atoms with Gasteiger partial charge in [0.2, 0.25) is 15.9 Å². The monoisotopic (exact) mass is 414 g/mol. The molecule has 1 aliphatic rings. The molecule has 1 heterocycles. The van der Waals surface area contributed by atoms with Crippen LogP contribution in [0.25, 0.3) is 11.1 Å². The fraction of sp³-hybridized carbons (Fsp3) is 0.318. The Bertz CT molecular complexity index is 988. The van der Waals surface area contributed by atoms with Gasteiger partial charge in [-0.15, -0.1) is 6.58 Å². The summed E-state index contributed by atoms with van der Waals surface area (Å²) >= 11 is 0. The zero-order valence-electron chi connectivity index (χ0n) is 16.5. The predicted octanol–water partition coefficient (Wildman–Crippen LogP) is 2.47. The van der Waals surface area contributed by atoms with Crippen molar-refractivity contribution in [3.05, 3.63) is 66.7 Å². The largest absolute Gasteiger partial charge is 0.496 e. The molecule has 0 spiro atoms. The molecule has 1 saturated heterocycles. The lowest BCUT2D eigenvalue weighted by atomic mass is 9.91. The van der Waals surface area contributed by atoms with Crippen LogP contribution in [0.1, 0.15) is 5.56 Å². The van der Waals surface area contributed by atoms with Crippen LogP contribution in [0.4, 0.5) is 0 Å². The molecule has 1 amide bonds. The minimum Gasteiger partial charge on any atom is -0.496 e. The van der Waals surface area contributed by atoms with Crippen molar-refractivity contribution in [3.8, 4) is 16.9 Å². The van der Waals surface area contributed by atoms with E-state index in [1.807, 2.05) is 48.5 Å². The van der Waals surface area contributed by atoms with Crippen molar-refractivity contribution in [1.82, 2.24) is 9.62 Å². The Kier molecular flexibility index (Phi) is 6.71. The first kappa shape index (κ1) is 21.1. The Morgan fingerprint density at radius 2 is 1.86 bits per heavy atom. The number of carbonyl (C=O) groups excluding carboxylic acids is 1. The van der Waals surface area contributed by atoms with Crippen molar-refractivity contribution in [1.29, 1.82) is 0 Å². The Hall–Kier alpha value is -2.64. The summed E-state index contributed by atoms with van der Waals surface area (Å²) in [4.78, 5) is 12.6. The quantitative estimate of drug-likeness (QED) is 0.707. The van der Waals surface area contributed by atoms with E-state index in [0.717, 1.165) is 22.4 Å². The van der Waals surface area contributed by atoms with Crippen molar-refractivity contribution >= 4 is 15.9 Å². The van der Waals surface area contributed by atoms with Gasteiger partial charge < -0.3 is 10.1 Å². The maximum atomic E-state index is 12.6. The number of nitrogens with zero attached hydrogens (tertiary/aromatic N) is 1. The summed E-state index contributed by atoms with van der Waals surface area (Å²) in [5, 5.41) is 2.85. The third kappa shape index (κ3) is 4.86. The van der Waals surface area contributed by atoms with Crippen LogP contribution in [0, 0.1) is 5.92 Å². The Morgan fingerprint density at radius 1 is 1.17 bits per heavy atom. The fourth-order valence-electron chi connectivity index (χ4n) is 3.63. The molecule has 0 aliphatic carbocycles. The first-order chi connectivity index (χ1) is 14.0. The lowest BCUT2D eigenvalue weighted by molar-refractivity contribution is -0.124. The Balaban J connectivity index is 1.92. The van der Waals surface area contributed by atoms with Crippen molar-refractivity contribution in [3.63, 3.8) is 0 Å². The first-order valence-corrected chi connectivity index (χ1v) is 11.1. The molecule has 0 unspecified atom stereocenters. The number of ether oxygens (including phenoxy) is 1. The maximum Gasteiger partial charge on any atom is 0.224 e. The number of hydrogen-bond acceptors (Lipinski definition) is 4. The van der Waals surface area contributed by atoms with Crippen LogP contribution < -0.4 is 10.1 Å². The van der Waals surface area contributed by atoms with E-state index in [0.29, 0.717) is 13.0 Å². The van der Waals surface area contributed by atoms with Gasteiger partial charge in [-0.2, -0.15) is 4.31 Å². The SMILES string of the molecule is C=CCS(=O)(=O)N1CCNC(=O)[C@@H](Cc2ccccc2-c2ccccc2OC)C1. The van der Waals surface area contributed by atoms with E-state index in [-0.39, 0.29) is 24.7 Å². The number of hydrogen-bond donors (Lipinski definition) is 1. The van der Waals surface area contributed by atoms with E-state index in [2.05, 4.69) is 11.9 Å². The van der Waals surface area contributed by atoms with Gasteiger partial charge in [0.1, 0.15) is 5.75 Å². The van der Waals surface area contributed by atoms with E-state index >= 15 is 0 Å². The van der Waals surface area contributed by atoms with Crippen LogP contribution in [0.5, 0.6) is 5.75 Å². The van der Waals surface area contributed by atoms with Gasteiger partial charge in [-0.05, 0) is 23.6 Å². The molecule has 0 aromatic heterocycles. The zero-order valence-corrected chi connectivity index (χ0v) is 17.3. The molecule has 0 saturated carbocycles. The standard InChI is InChI=1S/C22H26N2O4S/c1-3-14-29(26,27)24-13-12-23-22(25)18(16-24)15-17-8-4-5-9-19(17)20-10-6-7-11-21(20)28-2/h3-11,18H,1,12-16H2,2H3,(H,23,25)/t18-/m0/s1. The highest BCUT2D eigenvalue weighted by atomic mass is 32.2. The van der Waals surface area contributed by atoms with Crippen LogP contribution in [-0.4, -0.2) is 51.1 Å². The van der Waals surface area contributed by atoms with Crippen LogP contribution in [0.2, 0.25) is 0 Å². The molecule has 0 radical (unpaired) electrons. The molecule has 1 aliphatic heterocycles. The van der Waals surface area contributed by atoms with E-state index in [4.69, 9.17) is 4.74 Å². The highest BCUT2D eigenvalue weighted by Gasteiger charge is 2.31. The third-order valence-electron chi connectivity index (χ3n) is 5.06. The van der Waals surface area contributed by atoms with Gasteiger partial charge in [0.25, 0.3) is 0 Å². The number of sulfonamides is 1. The summed E-state index contributed by atoms with van der Waals surface area (Å²) in [6.45, 7) is 4.26. The zero-order chi connectivity index (χ0) is 20.9. The number of nitrogens with one attached hydrogen (secondary N) is 1. The van der Waals surface area contributed by atoms with Gasteiger partial charge >= 0.3 is 0 Å². The average molecular weight is 415 g/mol. The van der Waals surface area contributed by atoms with Gasteiger partial charge in [-0.3, -0.25) is 4.79 Å². The van der Waals surface area contributed by atoms with Crippen molar-refractivity contribution < 1.29 is 17.9 Å². The Labute approximate surface area is 172 Å². The first-order valence-electron chi connectivity index (χ1n) is 9.54. The summed E-state index contributed by atoms with van der Waals surface area (Å²) < 4.78 is 31.9. The van der Waals surface area contributed by atoms with Gasteiger partial charge in [0.05, 0.1) is 18.8 Å². The second kappa shape index (κ2) is 9.24. The van der Waals surface area contributed by atoms with Crippen LogP contribution in [0.3, 0.4) is 0 Å². The van der Waals surface area contributed by atoms with Crippen LogP contribution >= 0.6 is 0 Å². The fourth-order valence-corrected chi connectivity index (χ4v) is 4.91.